The van der Waals surface area contributed by atoms with Gasteiger partial charge >= 0.3 is 12.2 Å². The number of aromatic nitrogens is 4. The number of nitrogens with one attached hydrogen (secondary N) is 3. The summed E-state index contributed by atoms with van der Waals surface area (Å²) >= 11 is 0. The van der Waals surface area contributed by atoms with Crippen molar-refractivity contribution < 1.29 is 18.0 Å². The van der Waals surface area contributed by atoms with E-state index < -0.39 is 11.7 Å². The summed E-state index contributed by atoms with van der Waals surface area (Å²) in [5.74, 6) is 1.29. The Morgan fingerprint density at radius 3 is 2.21 bits per heavy atom. The molecule has 0 radical (unpaired) electrons. The Kier molecular flexibility index (Phi) is 8.11. The van der Waals surface area contributed by atoms with Gasteiger partial charge in [0, 0.05) is 42.9 Å². The minimum absolute atomic E-state index is 0.0791. The summed E-state index contributed by atoms with van der Waals surface area (Å²) in [6.07, 6.45) is 7.45. The molecule has 1 aromatic carbocycles. The van der Waals surface area contributed by atoms with Crippen LogP contribution >= 0.6 is 0 Å². The molecule has 3 fully saturated rings. The molecule has 2 aliphatic carbocycles. The molecule has 226 valence electrons. The van der Waals surface area contributed by atoms with Gasteiger partial charge in [-0.25, -0.2) is 9.78 Å². The number of nitrogens with two attached hydrogens (primary N) is 1. The standard InChI is InChI=1S/C29H38F3N9O/c30-29(31,32)18-5-9-21(10-6-18)37-28(42)40-15-13-22(14-16-40)35-25-24-26(41(17-34-24)23-3-1-2-4-23)39-27(38-25)36-20-11-7-19(33)8-12-20/h5-6,9-10,17,19-20,22-23H,1-4,7-8,11-16,33H2,(H,37,42)(H2,35,36,38,39). The number of carbonyl (C=O) groups is 1. The molecular weight excluding hydrogens is 547 g/mol. The maximum absolute atomic E-state index is 12.8. The van der Waals surface area contributed by atoms with E-state index in [4.69, 9.17) is 20.7 Å². The maximum atomic E-state index is 12.8. The number of benzene rings is 1. The number of hydrogen-bond donors (Lipinski definition) is 4. The lowest BCUT2D eigenvalue weighted by molar-refractivity contribution is -0.137. The lowest BCUT2D eigenvalue weighted by atomic mass is 9.92. The highest BCUT2D eigenvalue weighted by atomic mass is 19.4. The summed E-state index contributed by atoms with van der Waals surface area (Å²) in [6.45, 7) is 1.00. The smallest absolute Gasteiger partial charge is 0.365 e. The quantitative estimate of drug-likeness (QED) is 0.290. The number of rotatable bonds is 6. The van der Waals surface area contributed by atoms with E-state index in [1.54, 1.807) is 4.90 Å². The number of nitrogens with zero attached hydrogens (tertiary/aromatic N) is 5. The van der Waals surface area contributed by atoms with E-state index in [2.05, 4.69) is 20.5 Å². The first-order valence-corrected chi connectivity index (χ1v) is 15.0. The molecule has 3 aliphatic rings. The number of carbonyl (C=O) groups excluding carboxylic acids is 1. The molecule has 0 atom stereocenters. The highest BCUT2D eigenvalue weighted by Gasteiger charge is 2.31. The Labute approximate surface area is 242 Å². The zero-order valence-electron chi connectivity index (χ0n) is 23.5. The van der Waals surface area contributed by atoms with Crippen LogP contribution < -0.4 is 21.7 Å². The highest BCUT2D eigenvalue weighted by Crippen LogP contribution is 2.34. The minimum atomic E-state index is -4.41. The van der Waals surface area contributed by atoms with Crippen molar-refractivity contribution in [3.05, 3.63) is 36.2 Å². The molecule has 2 amide bonds. The van der Waals surface area contributed by atoms with E-state index in [-0.39, 0.29) is 24.2 Å². The van der Waals surface area contributed by atoms with E-state index in [9.17, 15) is 18.0 Å². The van der Waals surface area contributed by atoms with Crippen LogP contribution in [0.2, 0.25) is 0 Å². The first kappa shape index (κ1) is 28.5. The Balaban J connectivity index is 1.12. The predicted octanol–water partition coefficient (Wildman–Crippen LogP) is 5.75. The van der Waals surface area contributed by atoms with Gasteiger partial charge in [0.15, 0.2) is 17.0 Å². The third-order valence-electron chi connectivity index (χ3n) is 8.83. The van der Waals surface area contributed by atoms with E-state index in [1.807, 2.05) is 6.33 Å². The number of halogens is 3. The number of fused-ring (bicyclic) bond motifs is 1. The number of urea groups is 1. The number of likely N-dealkylation sites (tertiary alicyclic amines) is 1. The third kappa shape index (κ3) is 6.40. The molecule has 13 heteroatoms. The fourth-order valence-electron chi connectivity index (χ4n) is 6.34. The molecule has 5 N–H and O–H groups in total. The average molecular weight is 586 g/mol. The van der Waals surface area contributed by atoms with Crippen molar-refractivity contribution in [2.45, 2.75) is 94.6 Å². The lowest BCUT2D eigenvalue weighted by Crippen LogP contribution is -2.44. The summed E-state index contributed by atoms with van der Waals surface area (Å²) in [7, 11) is 0. The second-order valence-electron chi connectivity index (χ2n) is 11.8. The molecule has 2 aromatic heterocycles. The van der Waals surface area contributed by atoms with E-state index in [0.717, 1.165) is 61.8 Å². The molecule has 10 nitrogen and oxygen atoms in total. The summed E-state index contributed by atoms with van der Waals surface area (Å²) < 4.78 is 40.7. The molecule has 3 heterocycles. The molecule has 3 aromatic rings. The molecule has 0 unspecified atom stereocenters. The molecule has 1 aliphatic heterocycles. The number of amides is 2. The molecule has 6 rings (SSSR count). The zero-order valence-corrected chi connectivity index (χ0v) is 23.5. The van der Waals surface area contributed by atoms with E-state index in [0.29, 0.717) is 49.4 Å². The Morgan fingerprint density at radius 2 is 1.55 bits per heavy atom. The van der Waals surface area contributed by atoms with Gasteiger partial charge in [-0.05, 0) is 75.6 Å². The summed E-state index contributed by atoms with van der Waals surface area (Å²) in [5.41, 5.74) is 7.27. The molecule has 0 bridgehead atoms. The van der Waals surface area contributed by atoms with Gasteiger partial charge in [0.05, 0.1) is 11.9 Å². The van der Waals surface area contributed by atoms with Gasteiger partial charge in [-0.1, -0.05) is 12.8 Å². The van der Waals surface area contributed by atoms with Gasteiger partial charge in [-0.3, -0.25) is 0 Å². The molecule has 42 heavy (non-hydrogen) atoms. The van der Waals surface area contributed by atoms with Crippen molar-refractivity contribution in [1.82, 2.24) is 24.4 Å². The van der Waals surface area contributed by atoms with E-state index >= 15 is 0 Å². The van der Waals surface area contributed by atoms with Crippen molar-refractivity contribution in [3.63, 3.8) is 0 Å². The van der Waals surface area contributed by atoms with Crippen LogP contribution in [0, 0.1) is 0 Å². The molecule has 2 saturated carbocycles. The van der Waals surface area contributed by atoms with E-state index in [1.165, 1.54) is 25.0 Å². The van der Waals surface area contributed by atoms with Crippen molar-refractivity contribution in [2.24, 2.45) is 5.73 Å². The zero-order chi connectivity index (χ0) is 29.3. The number of anilines is 3. The Hall–Kier alpha value is -3.61. The van der Waals surface area contributed by atoms with Gasteiger partial charge in [-0.15, -0.1) is 0 Å². The first-order valence-electron chi connectivity index (χ1n) is 15.0. The average Bonchev–Trinajstić information content (AvgIpc) is 3.65. The topological polar surface area (TPSA) is 126 Å². The lowest BCUT2D eigenvalue weighted by Gasteiger charge is -2.32. The third-order valence-corrected chi connectivity index (χ3v) is 8.83. The summed E-state index contributed by atoms with van der Waals surface area (Å²) in [6, 6.07) is 5.16. The van der Waals surface area contributed by atoms with Crippen LogP contribution in [0.1, 0.15) is 75.8 Å². The van der Waals surface area contributed by atoms with Crippen LogP contribution in [0.3, 0.4) is 0 Å². The normalized spacial score (nSPS) is 22.4. The van der Waals surface area contributed by atoms with Gasteiger partial charge in [-0.2, -0.15) is 23.1 Å². The summed E-state index contributed by atoms with van der Waals surface area (Å²) in [4.78, 5) is 29.0. The van der Waals surface area contributed by atoms with Gasteiger partial charge in [0.2, 0.25) is 5.95 Å². The van der Waals surface area contributed by atoms with Crippen LogP contribution in [0.5, 0.6) is 0 Å². The highest BCUT2D eigenvalue weighted by molar-refractivity contribution is 5.89. The molecule has 1 saturated heterocycles. The van der Waals surface area contributed by atoms with Crippen LogP contribution in [-0.4, -0.2) is 61.7 Å². The van der Waals surface area contributed by atoms with Crippen molar-refractivity contribution >= 4 is 34.6 Å². The second-order valence-corrected chi connectivity index (χ2v) is 11.8. The van der Waals surface area contributed by atoms with Crippen molar-refractivity contribution in [1.29, 1.82) is 0 Å². The fraction of sp³-hybridized carbons (Fsp3) is 0.586. The number of alkyl halides is 3. The largest absolute Gasteiger partial charge is 0.416 e. The minimum Gasteiger partial charge on any atom is -0.365 e. The number of hydrogen-bond acceptors (Lipinski definition) is 7. The molecular formula is C29H38F3N9O. The van der Waals surface area contributed by atoms with Gasteiger partial charge in [0.1, 0.15) is 0 Å². The van der Waals surface area contributed by atoms with Crippen molar-refractivity contribution in [2.75, 3.05) is 29.0 Å². The van der Waals surface area contributed by atoms with Crippen LogP contribution in [0.15, 0.2) is 30.6 Å². The van der Waals surface area contributed by atoms with Gasteiger partial charge < -0.3 is 31.2 Å². The number of piperidine rings is 1. The monoisotopic (exact) mass is 585 g/mol. The Morgan fingerprint density at radius 1 is 0.881 bits per heavy atom. The molecule has 0 spiro atoms. The fourth-order valence-corrected chi connectivity index (χ4v) is 6.34. The second kappa shape index (κ2) is 11.9. The van der Waals surface area contributed by atoms with Crippen LogP contribution in [0.25, 0.3) is 11.2 Å². The predicted molar refractivity (Wildman–Crippen MR) is 155 cm³/mol. The summed E-state index contributed by atoms with van der Waals surface area (Å²) in [5, 5.41) is 9.85. The van der Waals surface area contributed by atoms with Gasteiger partial charge in [0.25, 0.3) is 0 Å². The first-order chi connectivity index (χ1) is 20.2. The van der Waals surface area contributed by atoms with Crippen LogP contribution in [-0.2, 0) is 6.18 Å². The Bertz CT molecular complexity index is 1370. The SMILES string of the molecule is NC1CCC(Nc2nc(NC3CCN(C(=O)Nc4ccc(C(F)(F)F)cc4)CC3)c3ncn(C4CCCC4)c3n2)CC1. The van der Waals surface area contributed by atoms with Crippen molar-refractivity contribution in [3.8, 4) is 0 Å². The number of imidazole rings is 1. The van der Waals surface area contributed by atoms with Crippen LogP contribution in [0.4, 0.5) is 35.4 Å². The maximum Gasteiger partial charge on any atom is 0.416 e.